The zero-order chi connectivity index (χ0) is 25.4. The molecule has 36 heavy (non-hydrogen) atoms. The topological polar surface area (TPSA) is 138 Å². The molecule has 0 saturated heterocycles. The van der Waals surface area contributed by atoms with Crippen molar-refractivity contribution in [3.8, 4) is 22.6 Å². The quantitative estimate of drug-likeness (QED) is 0.312. The van der Waals surface area contributed by atoms with E-state index in [1.54, 1.807) is 34.5 Å². The Hall–Kier alpha value is -4.86. The number of benzene rings is 2. The van der Waals surface area contributed by atoms with Crippen LogP contribution in [0.2, 0.25) is 0 Å². The molecule has 0 saturated carbocycles. The number of ether oxygens (including phenoxy) is 1. The van der Waals surface area contributed by atoms with Gasteiger partial charge in [0.15, 0.2) is 5.82 Å². The minimum Gasteiger partial charge on any atom is -0.497 e. The molecule has 1 atom stereocenters. The predicted molar refractivity (Wildman–Crippen MR) is 140 cm³/mol. The molecule has 0 aliphatic carbocycles. The smallest absolute Gasteiger partial charge is 0.282 e. The molecule has 0 spiro atoms. The number of nitrogen functional groups attached to an aromatic ring is 2. The van der Waals surface area contributed by atoms with Gasteiger partial charge < -0.3 is 21.5 Å². The van der Waals surface area contributed by atoms with Crippen LogP contribution >= 0.6 is 0 Å². The van der Waals surface area contributed by atoms with Crippen LogP contribution in [0.3, 0.4) is 0 Å². The Morgan fingerprint density at radius 1 is 1.06 bits per heavy atom. The Bertz CT molecular complexity index is 1630. The van der Waals surface area contributed by atoms with Crippen molar-refractivity contribution in [1.29, 1.82) is 0 Å². The number of anilines is 3. The van der Waals surface area contributed by atoms with Gasteiger partial charge in [-0.2, -0.15) is 5.10 Å². The molecule has 0 aliphatic rings. The molecule has 10 heteroatoms. The summed E-state index contributed by atoms with van der Waals surface area (Å²) in [7, 11) is 1.57. The summed E-state index contributed by atoms with van der Waals surface area (Å²) < 4.78 is 8.61. The molecule has 0 radical (unpaired) electrons. The fraction of sp³-hybridized carbons (Fsp3) is 0.154. The van der Waals surface area contributed by atoms with Crippen molar-refractivity contribution in [1.82, 2.24) is 24.1 Å². The molecule has 182 valence electrons. The number of nitrogens with two attached hydrogens (primary N) is 2. The monoisotopic (exact) mass is 482 g/mol. The molecule has 5 aromatic rings. The summed E-state index contributed by atoms with van der Waals surface area (Å²) in [6.45, 7) is 3.80. The predicted octanol–water partition coefficient (Wildman–Crippen LogP) is 3.60. The standard InChI is InChI=1S/C26H26N8O2/c1-15-9-10-33-22(15)26(35)34(19-7-5-4-6-8-19)25(32-33)16(2)31-24-21(23(28)29-14-30-24)17-11-18(27)13-20(12-17)36-3/h4-14,16H,27H2,1-3H3,(H3,28,29,30,31)/t16-/m0/s1. The molecule has 0 bridgehead atoms. The molecular formula is C26H26N8O2. The first-order valence-electron chi connectivity index (χ1n) is 11.4. The molecule has 10 nitrogen and oxygen atoms in total. The van der Waals surface area contributed by atoms with Gasteiger partial charge in [0.25, 0.3) is 5.56 Å². The highest BCUT2D eigenvalue weighted by molar-refractivity contribution is 5.85. The highest BCUT2D eigenvalue weighted by Gasteiger charge is 2.22. The van der Waals surface area contributed by atoms with Gasteiger partial charge in [0.1, 0.15) is 29.2 Å². The van der Waals surface area contributed by atoms with Gasteiger partial charge in [0.05, 0.1) is 24.4 Å². The van der Waals surface area contributed by atoms with E-state index in [1.807, 2.05) is 56.3 Å². The zero-order valence-corrected chi connectivity index (χ0v) is 20.1. The number of hydrogen-bond donors (Lipinski definition) is 3. The van der Waals surface area contributed by atoms with Crippen molar-refractivity contribution < 1.29 is 4.74 Å². The molecule has 5 rings (SSSR count). The summed E-state index contributed by atoms with van der Waals surface area (Å²) in [6.07, 6.45) is 3.17. The van der Waals surface area contributed by atoms with Crippen molar-refractivity contribution in [2.75, 3.05) is 23.9 Å². The van der Waals surface area contributed by atoms with Gasteiger partial charge in [-0.15, -0.1) is 0 Å². The first kappa shape index (κ1) is 22.9. The van der Waals surface area contributed by atoms with Crippen molar-refractivity contribution in [2.24, 2.45) is 0 Å². The van der Waals surface area contributed by atoms with Gasteiger partial charge in [-0.05, 0) is 55.3 Å². The van der Waals surface area contributed by atoms with E-state index in [9.17, 15) is 4.79 Å². The van der Waals surface area contributed by atoms with E-state index in [1.165, 1.54) is 6.33 Å². The van der Waals surface area contributed by atoms with E-state index in [2.05, 4.69) is 15.3 Å². The van der Waals surface area contributed by atoms with E-state index >= 15 is 0 Å². The Morgan fingerprint density at radius 3 is 2.58 bits per heavy atom. The number of aryl methyl sites for hydroxylation is 1. The first-order valence-corrected chi connectivity index (χ1v) is 11.4. The van der Waals surface area contributed by atoms with Crippen molar-refractivity contribution in [3.05, 3.63) is 88.9 Å². The second kappa shape index (κ2) is 9.06. The minimum atomic E-state index is -0.444. The third-order valence-corrected chi connectivity index (χ3v) is 6.00. The third kappa shape index (κ3) is 3.98. The van der Waals surface area contributed by atoms with Gasteiger partial charge in [-0.25, -0.2) is 14.5 Å². The van der Waals surface area contributed by atoms with Crippen LogP contribution in [-0.2, 0) is 0 Å². The normalized spacial score (nSPS) is 12.0. The van der Waals surface area contributed by atoms with Crippen LogP contribution in [0.4, 0.5) is 17.3 Å². The lowest BCUT2D eigenvalue weighted by molar-refractivity contribution is 0.415. The second-order valence-electron chi connectivity index (χ2n) is 8.47. The van der Waals surface area contributed by atoms with E-state index < -0.39 is 6.04 Å². The second-order valence-corrected chi connectivity index (χ2v) is 8.47. The maximum absolute atomic E-state index is 13.6. The average molecular weight is 483 g/mol. The first-order chi connectivity index (χ1) is 17.4. The number of methoxy groups -OCH3 is 1. The van der Waals surface area contributed by atoms with Crippen LogP contribution in [0, 0.1) is 6.92 Å². The number of fused-ring (bicyclic) bond motifs is 1. The lowest BCUT2D eigenvalue weighted by Crippen LogP contribution is -2.29. The van der Waals surface area contributed by atoms with E-state index in [0.29, 0.717) is 45.4 Å². The number of rotatable bonds is 6. The summed E-state index contributed by atoms with van der Waals surface area (Å²) in [5, 5.41) is 8.18. The molecule has 0 unspecified atom stereocenters. The summed E-state index contributed by atoms with van der Waals surface area (Å²) >= 11 is 0. The summed E-state index contributed by atoms with van der Waals surface area (Å²) in [5.74, 6) is 1.83. The third-order valence-electron chi connectivity index (χ3n) is 6.00. The van der Waals surface area contributed by atoms with Crippen LogP contribution in [0.15, 0.2) is 71.9 Å². The van der Waals surface area contributed by atoms with Crippen molar-refractivity contribution in [2.45, 2.75) is 19.9 Å². The molecule has 0 amide bonds. The Labute approximate surface area is 207 Å². The van der Waals surface area contributed by atoms with Crippen LogP contribution in [0.25, 0.3) is 22.3 Å². The summed E-state index contributed by atoms with van der Waals surface area (Å²) in [4.78, 5) is 22.3. The Balaban J connectivity index is 1.65. The van der Waals surface area contributed by atoms with Gasteiger partial charge in [-0.1, -0.05) is 18.2 Å². The van der Waals surface area contributed by atoms with Crippen molar-refractivity contribution in [3.63, 3.8) is 0 Å². The van der Waals surface area contributed by atoms with Crippen LogP contribution in [0.1, 0.15) is 24.4 Å². The van der Waals surface area contributed by atoms with Gasteiger partial charge in [0.2, 0.25) is 0 Å². The lowest BCUT2D eigenvalue weighted by Gasteiger charge is -2.21. The minimum absolute atomic E-state index is 0.162. The lowest BCUT2D eigenvalue weighted by atomic mass is 10.1. The highest BCUT2D eigenvalue weighted by Crippen LogP contribution is 2.35. The molecule has 5 N–H and O–H groups in total. The molecule has 3 aromatic heterocycles. The van der Waals surface area contributed by atoms with Crippen LogP contribution in [0.5, 0.6) is 5.75 Å². The Kier molecular flexibility index (Phi) is 5.77. The van der Waals surface area contributed by atoms with Crippen molar-refractivity contribution >= 4 is 22.8 Å². The van der Waals surface area contributed by atoms with Crippen LogP contribution < -0.4 is 27.1 Å². The molecular weight excluding hydrogens is 456 g/mol. The van der Waals surface area contributed by atoms with Gasteiger partial charge in [-0.3, -0.25) is 9.36 Å². The zero-order valence-electron chi connectivity index (χ0n) is 20.1. The molecule has 0 aliphatic heterocycles. The number of para-hydroxylation sites is 1. The maximum atomic E-state index is 13.6. The Morgan fingerprint density at radius 2 is 1.83 bits per heavy atom. The summed E-state index contributed by atoms with van der Waals surface area (Å²) in [5.41, 5.74) is 16.1. The van der Waals surface area contributed by atoms with Crippen LogP contribution in [-0.4, -0.2) is 31.3 Å². The SMILES string of the molecule is COc1cc(N)cc(-c2c(N)ncnc2N[C@@H](C)c2nn3ccc(C)c3c(=O)n2-c2ccccc2)c1. The number of nitrogens with zero attached hydrogens (tertiary/aromatic N) is 5. The van der Waals surface area contributed by atoms with E-state index in [-0.39, 0.29) is 11.4 Å². The fourth-order valence-corrected chi connectivity index (χ4v) is 4.29. The molecule has 2 aromatic carbocycles. The largest absolute Gasteiger partial charge is 0.497 e. The molecule has 0 fully saturated rings. The molecule has 3 heterocycles. The fourth-order valence-electron chi connectivity index (χ4n) is 4.29. The summed E-state index contributed by atoms with van der Waals surface area (Å²) in [6, 6.07) is 16.2. The number of hydrogen-bond acceptors (Lipinski definition) is 8. The average Bonchev–Trinajstić information content (AvgIpc) is 3.24. The van der Waals surface area contributed by atoms with Gasteiger partial charge in [0, 0.05) is 18.0 Å². The van der Waals surface area contributed by atoms with E-state index in [0.717, 1.165) is 5.56 Å². The highest BCUT2D eigenvalue weighted by atomic mass is 16.5. The van der Waals surface area contributed by atoms with E-state index in [4.69, 9.17) is 21.3 Å². The number of aromatic nitrogens is 5. The number of nitrogens with one attached hydrogen (secondary N) is 1. The van der Waals surface area contributed by atoms with Gasteiger partial charge >= 0.3 is 0 Å². The maximum Gasteiger partial charge on any atom is 0.282 e.